The maximum Gasteiger partial charge on any atom is 0.0360 e. The van der Waals surface area contributed by atoms with Crippen molar-refractivity contribution in [2.75, 3.05) is 6.54 Å². The van der Waals surface area contributed by atoms with Crippen LogP contribution in [0.25, 0.3) is 0 Å². The third-order valence-corrected chi connectivity index (χ3v) is 2.45. The van der Waals surface area contributed by atoms with Gasteiger partial charge in [0.1, 0.15) is 0 Å². The van der Waals surface area contributed by atoms with Gasteiger partial charge in [0.25, 0.3) is 0 Å². The molecule has 1 atom stereocenters. The predicted molar refractivity (Wildman–Crippen MR) is 67.8 cm³/mol. The topological polar surface area (TPSA) is 12.4 Å². The zero-order valence-corrected chi connectivity index (χ0v) is 9.77. The number of hydrogen-bond donors (Lipinski definition) is 0. The number of nitrogens with zero attached hydrogens (tertiary/aromatic N) is 1. The van der Waals surface area contributed by atoms with E-state index in [-0.39, 0.29) is 0 Å². The first kappa shape index (κ1) is 11.7. The highest BCUT2D eigenvalue weighted by molar-refractivity contribution is 5.71. The van der Waals surface area contributed by atoms with Crippen LogP contribution in [0.2, 0.25) is 0 Å². The maximum atomic E-state index is 4.15. The van der Waals surface area contributed by atoms with Gasteiger partial charge in [-0.1, -0.05) is 37.3 Å². The van der Waals surface area contributed by atoms with Crippen LogP contribution in [0.15, 0.2) is 41.4 Å². The summed E-state index contributed by atoms with van der Waals surface area (Å²) in [5.74, 6) is 0.453. The zero-order chi connectivity index (χ0) is 11.1. The molecule has 0 amide bonds. The van der Waals surface area contributed by atoms with Gasteiger partial charge in [-0.25, -0.2) is 0 Å². The second kappa shape index (κ2) is 6.18. The lowest BCUT2D eigenvalue weighted by Crippen LogP contribution is -1.92. The smallest absolute Gasteiger partial charge is 0.0360 e. The molecule has 80 valence electrons. The normalized spacial score (nSPS) is 13.8. The Balaban J connectivity index is 2.69. The highest BCUT2D eigenvalue weighted by Gasteiger charge is 2.02. The Bertz CT molecular complexity index is 350. The van der Waals surface area contributed by atoms with Gasteiger partial charge in [-0.05, 0) is 37.0 Å². The molecule has 0 saturated heterocycles. The minimum atomic E-state index is 0.453. The molecule has 15 heavy (non-hydrogen) atoms. The summed E-state index contributed by atoms with van der Waals surface area (Å²) in [6.45, 7) is 7.25. The summed E-state index contributed by atoms with van der Waals surface area (Å²) in [5, 5.41) is 0. The van der Waals surface area contributed by atoms with Crippen molar-refractivity contribution in [3.8, 4) is 0 Å². The van der Waals surface area contributed by atoms with E-state index in [1.165, 1.54) is 11.1 Å². The van der Waals surface area contributed by atoms with Crippen molar-refractivity contribution < 1.29 is 0 Å². The van der Waals surface area contributed by atoms with Gasteiger partial charge in [-0.3, -0.25) is 4.99 Å². The molecule has 0 aromatic heterocycles. The van der Waals surface area contributed by atoms with E-state index in [4.69, 9.17) is 0 Å². The summed E-state index contributed by atoms with van der Waals surface area (Å²) >= 11 is 0. The molecule has 1 heteroatoms. The van der Waals surface area contributed by atoms with Gasteiger partial charge in [0.2, 0.25) is 0 Å². The Hall–Kier alpha value is -1.37. The minimum absolute atomic E-state index is 0.453. The monoisotopic (exact) mass is 201 g/mol. The fraction of sp³-hybridized carbons (Fsp3) is 0.357. The lowest BCUT2D eigenvalue weighted by atomic mass is 9.96. The molecule has 0 aliphatic carbocycles. The van der Waals surface area contributed by atoms with Crippen LogP contribution in [0.4, 0.5) is 0 Å². The molecule has 1 unspecified atom stereocenters. The van der Waals surface area contributed by atoms with Crippen LogP contribution in [0, 0.1) is 6.92 Å². The van der Waals surface area contributed by atoms with E-state index in [2.05, 4.69) is 49.2 Å². The fourth-order valence-electron chi connectivity index (χ4n) is 1.58. The number of benzene rings is 1. The van der Waals surface area contributed by atoms with Gasteiger partial charge in [0, 0.05) is 12.8 Å². The number of aliphatic imine (C=N–C) groups is 1. The Labute approximate surface area is 92.6 Å². The quantitative estimate of drug-likeness (QED) is 0.658. The van der Waals surface area contributed by atoms with Gasteiger partial charge >= 0.3 is 0 Å². The lowest BCUT2D eigenvalue weighted by molar-refractivity contribution is 0.953. The van der Waals surface area contributed by atoms with Crippen molar-refractivity contribution in [1.29, 1.82) is 0 Å². The van der Waals surface area contributed by atoms with Gasteiger partial charge in [-0.2, -0.15) is 0 Å². The van der Waals surface area contributed by atoms with Gasteiger partial charge < -0.3 is 0 Å². The van der Waals surface area contributed by atoms with E-state index in [1.807, 2.05) is 19.2 Å². The Morgan fingerprint density at radius 3 is 2.73 bits per heavy atom. The van der Waals surface area contributed by atoms with Crippen LogP contribution >= 0.6 is 0 Å². The molecule has 0 aliphatic rings. The molecule has 0 spiro atoms. The van der Waals surface area contributed by atoms with E-state index >= 15 is 0 Å². The van der Waals surface area contributed by atoms with Crippen LogP contribution < -0.4 is 0 Å². The third kappa shape index (κ3) is 3.70. The summed E-state index contributed by atoms with van der Waals surface area (Å²) < 4.78 is 0. The van der Waals surface area contributed by atoms with Gasteiger partial charge in [0.05, 0.1) is 0 Å². The average Bonchev–Trinajstić information content (AvgIpc) is 2.25. The molecule has 0 N–H and O–H groups in total. The van der Waals surface area contributed by atoms with E-state index < -0.39 is 0 Å². The first-order valence-electron chi connectivity index (χ1n) is 5.47. The highest BCUT2D eigenvalue weighted by atomic mass is 14.7. The molecule has 0 fully saturated rings. The van der Waals surface area contributed by atoms with Crippen LogP contribution in [0.1, 0.15) is 30.9 Å². The minimum Gasteiger partial charge on any atom is -0.293 e. The molecule has 0 saturated carbocycles. The van der Waals surface area contributed by atoms with Crippen LogP contribution in [-0.4, -0.2) is 12.8 Å². The summed E-state index contributed by atoms with van der Waals surface area (Å²) in [4.78, 5) is 4.15. The van der Waals surface area contributed by atoms with Crippen molar-refractivity contribution >= 4 is 6.21 Å². The van der Waals surface area contributed by atoms with E-state index in [9.17, 15) is 0 Å². The standard InChI is InChI=1S/C14H19N/c1-4-15-11-7-9-13(3)14-10-6-5-8-12(14)2/h5-11,13H,4H2,1-3H3/b9-7-,15-11?. The van der Waals surface area contributed by atoms with Crippen LogP contribution in [-0.2, 0) is 0 Å². The Kier molecular flexibility index (Phi) is 4.82. The van der Waals surface area contributed by atoms with E-state index in [1.54, 1.807) is 0 Å². The van der Waals surface area contributed by atoms with Crippen molar-refractivity contribution in [2.45, 2.75) is 26.7 Å². The summed E-state index contributed by atoms with van der Waals surface area (Å²) in [5.41, 5.74) is 2.74. The first-order chi connectivity index (χ1) is 7.25. The number of allylic oxidation sites excluding steroid dienone is 2. The molecule has 0 bridgehead atoms. The molecule has 1 rings (SSSR count). The van der Waals surface area contributed by atoms with Crippen molar-refractivity contribution in [1.82, 2.24) is 0 Å². The number of rotatable bonds is 4. The predicted octanol–water partition coefficient (Wildman–Crippen LogP) is 3.75. The van der Waals surface area contributed by atoms with Crippen molar-refractivity contribution in [3.05, 3.63) is 47.5 Å². The molecular formula is C14H19N. The zero-order valence-electron chi connectivity index (χ0n) is 9.77. The SMILES string of the molecule is CCN=C/C=C\C(C)c1ccccc1C. The average molecular weight is 201 g/mol. The highest BCUT2D eigenvalue weighted by Crippen LogP contribution is 2.19. The van der Waals surface area contributed by atoms with Crippen molar-refractivity contribution in [2.24, 2.45) is 4.99 Å². The number of hydrogen-bond acceptors (Lipinski definition) is 1. The summed E-state index contributed by atoms with van der Waals surface area (Å²) in [7, 11) is 0. The molecule has 1 nitrogen and oxygen atoms in total. The number of aryl methyl sites for hydroxylation is 1. The molecule has 0 aliphatic heterocycles. The van der Waals surface area contributed by atoms with E-state index in [0.29, 0.717) is 5.92 Å². The summed E-state index contributed by atoms with van der Waals surface area (Å²) in [6.07, 6.45) is 6.08. The molecule has 0 heterocycles. The first-order valence-corrected chi connectivity index (χ1v) is 5.47. The fourth-order valence-corrected chi connectivity index (χ4v) is 1.58. The lowest BCUT2D eigenvalue weighted by Gasteiger charge is -2.09. The second-order valence-corrected chi connectivity index (χ2v) is 3.68. The van der Waals surface area contributed by atoms with Crippen LogP contribution in [0.5, 0.6) is 0 Å². The largest absolute Gasteiger partial charge is 0.293 e. The molecule has 0 radical (unpaired) electrons. The maximum absolute atomic E-state index is 4.15. The van der Waals surface area contributed by atoms with Gasteiger partial charge in [0.15, 0.2) is 0 Å². The molecule has 1 aromatic rings. The Morgan fingerprint density at radius 1 is 1.33 bits per heavy atom. The third-order valence-electron chi connectivity index (χ3n) is 2.45. The van der Waals surface area contributed by atoms with Crippen LogP contribution in [0.3, 0.4) is 0 Å². The van der Waals surface area contributed by atoms with Crippen molar-refractivity contribution in [3.63, 3.8) is 0 Å². The second-order valence-electron chi connectivity index (χ2n) is 3.68. The molecule has 1 aromatic carbocycles. The van der Waals surface area contributed by atoms with Gasteiger partial charge in [-0.15, -0.1) is 0 Å². The van der Waals surface area contributed by atoms with E-state index in [0.717, 1.165) is 6.54 Å². The molecular weight excluding hydrogens is 182 g/mol. The Morgan fingerprint density at radius 2 is 2.07 bits per heavy atom. The summed E-state index contributed by atoms with van der Waals surface area (Å²) in [6, 6.07) is 8.50.